The molecule has 2 atom stereocenters. The van der Waals surface area contributed by atoms with Crippen molar-refractivity contribution in [2.75, 3.05) is 26.9 Å². The molecule has 1 aliphatic carbocycles. The molecule has 0 radical (unpaired) electrons. The van der Waals surface area contributed by atoms with Gasteiger partial charge in [-0.25, -0.2) is 4.79 Å². The van der Waals surface area contributed by atoms with Crippen LogP contribution in [0.1, 0.15) is 36.3 Å². The number of nitrogens with one attached hydrogen (secondary N) is 1. The molecule has 2 N–H and O–H groups in total. The topological polar surface area (TPSA) is 105 Å². The minimum atomic E-state index is -1.20. The van der Waals surface area contributed by atoms with Gasteiger partial charge in [-0.05, 0) is 35.1 Å². The number of carboxylic acids is 1. The predicted molar refractivity (Wildman–Crippen MR) is 121 cm³/mol. The second-order valence-corrected chi connectivity index (χ2v) is 8.40. The number of likely N-dealkylation sites (tertiary alicyclic amines) is 1. The maximum absolute atomic E-state index is 13.0. The maximum Gasteiger partial charge on any atom is 0.407 e. The average Bonchev–Trinajstić information content (AvgIpc) is 3.39. The number of hydrogen-bond acceptors (Lipinski definition) is 5. The average molecular weight is 453 g/mol. The molecule has 1 saturated heterocycles. The summed E-state index contributed by atoms with van der Waals surface area (Å²) in [5.74, 6) is -1.72. The van der Waals surface area contributed by atoms with Gasteiger partial charge < -0.3 is 24.8 Å². The Morgan fingerprint density at radius 2 is 1.70 bits per heavy atom. The molecule has 1 heterocycles. The smallest absolute Gasteiger partial charge is 0.407 e. The molecule has 8 nitrogen and oxygen atoms in total. The van der Waals surface area contributed by atoms with E-state index in [1.54, 1.807) is 12.0 Å². The Morgan fingerprint density at radius 1 is 1.06 bits per heavy atom. The number of amides is 2. The SMILES string of the molecule is COCC1CCCN1C(=O)C(CC(=O)O)NC(=O)OCC1c2ccccc2-c2ccccc21. The molecule has 33 heavy (non-hydrogen) atoms. The molecule has 0 saturated carbocycles. The zero-order chi connectivity index (χ0) is 23.4. The summed E-state index contributed by atoms with van der Waals surface area (Å²) in [4.78, 5) is 38.6. The van der Waals surface area contributed by atoms with Crippen LogP contribution in [-0.4, -0.2) is 66.9 Å². The van der Waals surface area contributed by atoms with Crippen LogP contribution in [0, 0.1) is 0 Å². The van der Waals surface area contributed by atoms with E-state index in [0.29, 0.717) is 13.2 Å². The molecule has 0 spiro atoms. The number of ether oxygens (including phenoxy) is 2. The summed E-state index contributed by atoms with van der Waals surface area (Å²) in [7, 11) is 1.56. The number of carbonyl (C=O) groups is 3. The van der Waals surface area contributed by atoms with Gasteiger partial charge in [-0.15, -0.1) is 0 Å². The van der Waals surface area contributed by atoms with E-state index in [9.17, 15) is 19.5 Å². The lowest BCUT2D eigenvalue weighted by Gasteiger charge is -2.28. The normalized spacial score (nSPS) is 17.8. The summed E-state index contributed by atoms with van der Waals surface area (Å²) in [6.45, 7) is 0.968. The van der Waals surface area contributed by atoms with Crippen molar-refractivity contribution in [2.24, 2.45) is 0 Å². The lowest BCUT2D eigenvalue weighted by Crippen LogP contribution is -2.51. The van der Waals surface area contributed by atoms with Crippen molar-refractivity contribution in [3.63, 3.8) is 0 Å². The highest BCUT2D eigenvalue weighted by atomic mass is 16.5. The summed E-state index contributed by atoms with van der Waals surface area (Å²) < 4.78 is 10.7. The number of methoxy groups -OCH3 is 1. The third-order valence-corrected chi connectivity index (χ3v) is 6.33. The number of rotatable bonds is 8. The number of alkyl carbamates (subject to hydrolysis) is 1. The first-order valence-electron chi connectivity index (χ1n) is 11.1. The third-order valence-electron chi connectivity index (χ3n) is 6.33. The Labute approximate surface area is 192 Å². The first-order valence-corrected chi connectivity index (χ1v) is 11.1. The highest BCUT2D eigenvalue weighted by molar-refractivity contribution is 5.89. The van der Waals surface area contributed by atoms with Gasteiger partial charge >= 0.3 is 12.1 Å². The van der Waals surface area contributed by atoms with Crippen molar-refractivity contribution in [1.82, 2.24) is 10.2 Å². The number of aliphatic carboxylic acids is 1. The Bertz CT molecular complexity index is 994. The number of benzene rings is 2. The van der Waals surface area contributed by atoms with E-state index in [1.807, 2.05) is 48.5 Å². The quantitative estimate of drug-likeness (QED) is 0.638. The van der Waals surface area contributed by atoms with Crippen LogP contribution in [-0.2, 0) is 19.1 Å². The summed E-state index contributed by atoms with van der Waals surface area (Å²) >= 11 is 0. The number of hydrogen-bond donors (Lipinski definition) is 2. The highest BCUT2D eigenvalue weighted by Crippen LogP contribution is 2.44. The zero-order valence-corrected chi connectivity index (χ0v) is 18.5. The van der Waals surface area contributed by atoms with Crippen molar-refractivity contribution < 1.29 is 29.0 Å². The molecule has 0 bridgehead atoms. The van der Waals surface area contributed by atoms with Crippen molar-refractivity contribution >= 4 is 18.0 Å². The van der Waals surface area contributed by atoms with E-state index >= 15 is 0 Å². The van der Waals surface area contributed by atoms with Gasteiger partial charge in [-0.1, -0.05) is 48.5 Å². The zero-order valence-electron chi connectivity index (χ0n) is 18.5. The minimum absolute atomic E-state index is 0.0872. The molecule has 2 aromatic carbocycles. The van der Waals surface area contributed by atoms with E-state index in [2.05, 4.69) is 5.32 Å². The number of carboxylic acid groups (broad SMARTS) is 1. The largest absolute Gasteiger partial charge is 0.481 e. The fraction of sp³-hybridized carbons (Fsp3) is 0.400. The van der Waals surface area contributed by atoms with Crippen LogP contribution in [0.5, 0.6) is 0 Å². The highest BCUT2D eigenvalue weighted by Gasteiger charge is 2.35. The minimum Gasteiger partial charge on any atom is -0.481 e. The monoisotopic (exact) mass is 452 g/mol. The summed E-state index contributed by atoms with van der Waals surface area (Å²) in [6.07, 6.45) is 0.271. The molecule has 2 amide bonds. The lowest BCUT2D eigenvalue weighted by molar-refractivity contribution is -0.143. The van der Waals surface area contributed by atoms with Gasteiger partial charge in [-0.2, -0.15) is 0 Å². The molecule has 2 unspecified atom stereocenters. The molecule has 2 aromatic rings. The molecule has 174 valence electrons. The predicted octanol–water partition coefficient (Wildman–Crippen LogP) is 3.01. The Kier molecular flexibility index (Phi) is 6.93. The van der Waals surface area contributed by atoms with Crippen molar-refractivity contribution in [3.8, 4) is 11.1 Å². The number of nitrogens with zero attached hydrogens (tertiary/aromatic N) is 1. The number of carbonyl (C=O) groups excluding carboxylic acids is 2. The Hall–Kier alpha value is -3.39. The van der Waals surface area contributed by atoms with Crippen LogP contribution in [0.4, 0.5) is 4.79 Å². The van der Waals surface area contributed by atoms with E-state index < -0.39 is 30.4 Å². The Morgan fingerprint density at radius 3 is 2.30 bits per heavy atom. The Balaban J connectivity index is 1.43. The van der Waals surface area contributed by atoms with Crippen molar-refractivity contribution in [1.29, 1.82) is 0 Å². The van der Waals surface area contributed by atoms with Crippen LogP contribution in [0.15, 0.2) is 48.5 Å². The van der Waals surface area contributed by atoms with Gasteiger partial charge in [0.1, 0.15) is 12.6 Å². The van der Waals surface area contributed by atoms with Crippen LogP contribution in [0.2, 0.25) is 0 Å². The summed E-state index contributed by atoms with van der Waals surface area (Å²) in [5, 5.41) is 11.8. The molecule has 0 aromatic heterocycles. The van der Waals surface area contributed by atoms with Crippen LogP contribution in [0.3, 0.4) is 0 Å². The second-order valence-electron chi connectivity index (χ2n) is 8.40. The molecular formula is C25H28N2O6. The molecular weight excluding hydrogens is 424 g/mol. The van der Waals surface area contributed by atoms with Gasteiger partial charge in [0.25, 0.3) is 0 Å². The van der Waals surface area contributed by atoms with Crippen LogP contribution in [0.25, 0.3) is 11.1 Å². The fourth-order valence-electron chi connectivity index (χ4n) is 4.85. The van der Waals surface area contributed by atoms with Gasteiger partial charge in [0.15, 0.2) is 0 Å². The lowest BCUT2D eigenvalue weighted by atomic mass is 9.98. The van der Waals surface area contributed by atoms with E-state index in [0.717, 1.165) is 35.1 Å². The third kappa shape index (κ3) is 4.85. The van der Waals surface area contributed by atoms with Crippen LogP contribution < -0.4 is 5.32 Å². The van der Waals surface area contributed by atoms with Gasteiger partial charge in [0.2, 0.25) is 5.91 Å². The summed E-state index contributed by atoms with van der Waals surface area (Å²) in [5.41, 5.74) is 4.37. The molecule has 1 aliphatic heterocycles. The summed E-state index contributed by atoms with van der Waals surface area (Å²) in [6, 6.07) is 14.6. The van der Waals surface area contributed by atoms with Gasteiger partial charge in [0.05, 0.1) is 19.1 Å². The first-order chi connectivity index (χ1) is 16.0. The molecule has 4 rings (SSSR count). The molecule has 1 fully saturated rings. The van der Waals surface area contributed by atoms with Gasteiger partial charge in [-0.3, -0.25) is 9.59 Å². The fourth-order valence-corrected chi connectivity index (χ4v) is 4.85. The number of fused-ring (bicyclic) bond motifs is 3. The van der Waals surface area contributed by atoms with E-state index in [4.69, 9.17) is 9.47 Å². The molecule has 8 heteroatoms. The standard InChI is InChI=1S/C25H28N2O6/c1-32-14-16-7-6-12-27(16)24(30)22(13-23(28)29)26-25(31)33-15-21-19-10-4-2-8-17(19)18-9-3-5-11-20(18)21/h2-5,8-11,16,21-22H,6-7,12-15H2,1H3,(H,26,31)(H,28,29). The van der Waals surface area contributed by atoms with E-state index in [-0.39, 0.29) is 18.6 Å². The van der Waals surface area contributed by atoms with Crippen molar-refractivity contribution in [3.05, 3.63) is 59.7 Å². The van der Waals surface area contributed by atoms with Crippen molar-refractivity contribution in [2.45, 2.75) is 37.3 Å². The van der Waals surface area contributed by atoms with Crippen LogP contribution >= 0.6 is 0 Å². The van der Waals surface area contributed by atoms with E-state index in [1.165, 1.54) is 0 Å². The second kappa shape index (κ2) is 10.0. The maximum atomic E-state index is 13.0. The molecule has 2 aliphatic rings. The van der Waals surface area contributed by atoms with Gasteiger partial charge in [0, 0.05) is 19.6 Å². The first kappa shape index (κ1) is 22.8.